The van der Waals surface area contributed by atoms with Gasteiger partial charge in [-0.3, -0.25) is 0 Å². The summed E-state index contributed by atoms with van der Waals surface area (Å²) in [6.45, 7) is 0. The van der Waals surface area contributed by atoms with Crippen LogP contribution in [-0.2, 0) is 0 Å². The fraction of sp³-hybridized carbons (Fsp3) is 0.400. The van der Waals surface area contributed by atoms with E-state index in [0.29, 0.717) is 23.0 Å². The van der Waals surface area contributed by atoms with E-state index in [1.165, 1.54) is 0 Å². The van der Waals surface area contributed by atoms with E-state index < -0.39 is 0 Å². The molecular weight excluding hydrogens is 215 g/mol. The molecule has 1 rings (SSSR count). The number of methoxy groups -OCH3 is 4. The van der Waals surface area contributed by atoms with Crippen molar-refractivity contribution in [1.82, 2.24) is 0 Å². The summed E-state index contributed by atoms with van der Waals surface area (Å²) in [6, 6.07) is 1.73. The molecule has 84 valence electrons. The Morgan fingerprint density at radius 2 is 1.20 bits per heavy atom. The molecule has 0 spiro atoms. The highest BCUT2D eigenvalue weighted by Crippen LogP contribution is 2.38. The van der Waals surface area contributed by atoms with Gasteiger partial charge in [0.25, 0.3) is 0 Å². The van der Waals surface area contributed by atoms with Gasteiger partial charge in [-0.15, -0.1) is 0 Å². The zero-order chi connectivity index (χ0) is 11.4. The van der Waals surface area contributed by atoms with E-state index in [2.05, 4.69) is 9.24 Å². The summed E-state index contributed by atoms with van der Waals surface area (Å²) in [5, 5.41) is 0.774. The van der Waals surface area contributed by atoms with Gasteiger partial charge in [0.05, 0.1) is 33.7 Å². The molecule has 5 heteroatoms. The van der Waals surface area contributed by atoms with Crippen LogP contribution in [0.1, 0.15) is 0 Å². The lowest BCUT2D eigenvalue weighted by Gasteiger charge is -2.16. The first-order valence-electron chi connectivity index (χ1n) is 4.32. The summed E-state index contributed by atoms with van der Waals surface area (Å²) in [6.07, 6.45) is 0. The Morgan fingerprint density at radius 3 is 1.47 bits per heavy atom. The highest BCUT2D eigenvalue weighted by atomic mass is 31.0. The van der Waals surface area contributed by atoms with E-state index in [1.807, 2.05) is 0 Å². The molecule has 0 aliphatic heterocycles. The predicted octanol–water partition coefficient (Wildman–Crippen LogP) is 1.22. The standard InChI is InChI=1S/C10H15O4P/c1-11-6-5-7(12-2)9(14-4)10(15)8(6)13-3/h5H,15H2,1-4H3. The Balaban J connectivity index is 3.41. The van der Waals surface area contributed by atoms with Crippen LogP contribution in [0.15, 0.2) is 6.07 Å². The first-order valence-corrected chi connectivity index (χ1v) is 4.89. The van der Waals surface area contributed by atoms with Crippen molar-refractivity contribution >= 4 is 14.5 Å². The van der Waals surface area contributed by atoms with E-state index >= 15 is 0 Å². The summed E-state index contributed by atoms with van der Waals surface area (Å²) in [5.41, 5.74) is 0. The molecule has 1 aromatic rings. The SMILES string of the molecule is COc1cc(OC)c(OC)c(P)c1OC. The molecule has 0 aliphatic rings. The molecule has 4 nitrogen and oxygen atoms in total. The van der Waals surface area contributed by atoms with E-state index in [-0.39, 0.29) is 0 Å². The van der Waals surface area contributed by atoms with Crippen LogP contribution < -0.4 is 24.3 Å². The molecule has 1 atom stereocenters. The Labute approximate surface area is 91.7 Å². The van der Waals surface area contributed by atoms with E-state index in [9.17, 15) is 0 Å². The molecule has 0 radical (unpaired) electrons. The maximum absolute atomic E-state index is 5.23. The van der Waals surface area contributed by atoms with Crippen LogP contribution in [0.3, 0.4) is 0 Å². The second-order valence-electron chi connectivity index (χ2n) is 2.76. The van der Waals surface area contributed by atoms with E-state index in [4.69, 9.17) is 18.9 Å². The average Bonchev–Trinajstić information content (AvgIpc) is 2.27. The van der Waals surface area contributed by atoms with E-state index in [1.54, 1.807) is 34.5 Å². The van der Waals surface area contributed by atoms with Gasteiger partial charge >= 0.3 is 0 Å². The van der Waals surface area contributed by atoms with Crippen molar-refractivity contribution in [1.29, 1.82) is 0 Å². The van der Waals surface area contributed by atoms with Gasteiger partial charge in [-0.05, 0) is 0 Å². The van der Waals surface area contributed by atoms with Gasteiger partial charge < -0.3 is 18.9 Å². The first-order chi connectivity index (χ1) is 7.19. The van der Waals surface area contributed by atoms with Crippen LogP contribution >= 0.6 is 9.24 Å². The molecule has 0 fully saturated rings. The van der Waals surface area contributed by atoms with Crippen molar-refractivity contribution in [3.63, 3.8) is 0 Å². The molecule has 1 unspecified atom stereocenters. The van der Waals surface area contributed by atoms with Gasteiger partial charge in [-0.2, -0.15) is 0 Å². The van der Waals surface area contributed by atoms with E-state index in [0.717, 1.165) is 5.30 Å². The van der Waals surface area contributed by atoms with Gasteiger partial charge in [0.2, 0.25) is 0 Å². The van der Waals surface area contributed by atoms with Crippen molar-refractivity contribution in [2.45, 2.75) is 0 Å². The Bertz CT molecular complexity index is 322. The third kappa shape index (κ3) is 2.10. The minimum Gasteiger partial charge on any atom is -0.493 e. The smallest absolute Gasteiger partial charge is 0.171 e. The zero-order valence-corrected chi connectivity index (χ0v) is 10.4. The maximum atomic E-state index is 5.23. The lowest BCUT2D eigenvalue weighted by Crippen LogP contribution is -2.07. The molecule has 0 aliphatic carbocycles. The second kappa shape index (κ2) is 5.08. The van der Waals surface area contributed by atoms with Crippen molar-refractivity contribution in [3.05, 3.63) is 6.07 Å². The Kier molecular flexibility index (Phi) is 4.04. The molecule has 0 saturated carbocycles. The number of ether oxygens (including phenoxy) is 4. The molecular formula is C10H15O4P. The second-order valence-corrected chi connectivity index (χ2v) is 3.34. The average molecular weight is 230 g/mol. The van der Waals surface area contributed by atoms with Crippen LogP contribution in [0.25, 0.3) is 0 Å². The molecule has 15 heavy (non-hydrogen) atoms. The Hall–Kier alpha value is -1.15. The molecule has 0 heterocycles. The van der Waals surface area contributed by atoms with Crippen LogP contribution in [-0.4, -0.2) is 28.4 Å². The molecule has 0 bridgehead atoms. The fourth-order valence-electron chi connectivity index (χ4n) is 1.34. The fourth-order valence-corrected chi connectivity index (χ4v) is 1.86. The minimum atomic E-state index is 0.611. The summed E-state index contributed by atoms with van der Waals surface area (Å²) < 4.78 is 20.8. The van der Waals surface area contributed by atoms with Crippen molar-refractivity contribution in [2.24, 2.45) is 0 Å². The summed E-state index contributed by atoms with van der Waals surface area (Å²) in [4.78, 5) is 0. The van der Waals surface area contributed by atoms with Gasteiger partial charge in [-0.1, -0.05) is 9.24 Å². The summed E-state index contributed by atoms with van der Waals surface area (Å²) >= 11 is 0. The predicted molar refractivity (Wildman–Crippen MR) is 62.0 cm³/mol. The third-order valence-electron chi connectivity index (χ3n) is 2.05. The van der Waals surface area contributed by atoms with Crippen LogP contribution in [0.2, 0.25) is 0 Å². The maximum Gasteiger partial charge on any atom is 0.171 e. The first kappa shape index (κ1) is 11.9. The van der Waals surface area contributed by atoms with Gasteiger partial charge in [0, 0.05) is 6.07 Å². The lowest BCUT2D eigenvalue weighted by atomic mass is 10.2. The highest BCUT2D eigenvalue weighted by Gasteiger charge is 2.17. The summed E-state index contributed by atoms with van der Waals surface area (Å²) in [5.74, 6) is 2.47. The van der Waals surface area contributed by atoms with Crippen LogP contribution in [0.5, 0.6) is 23.0 Å². The largest absolute Gasteiger partial charge is 0.493 e. The summed E-state index contributed by atoms with van der Waals surface area (Å²) in [7, 11) is 8.87. The van der Waals surface area contributed by atoms with Gasteiger partial charge in [-0.25, -0.2) is 0 Å². The molecule has 0 amide bonds. The number of hydrogen-bond acceptors (Lipinski definition) is 4. The number of benzene rings is 1. The zero-order valence-electron chi connectivity index (χ0n) is 9.29. The van der Waals surface area contributed by atoms with Crippen molar-refractivity contribution in [2.75, 3.05) is 28.4 Å². The van der Waals surface area contributed by atoms with Crippen LogP contribution in [0.4, 0.5) is 0 Å². The number of hydrogen-bond donors (Lipinski definition) is 0. The van der Waals surface area contributed by atoms with Crippen LogP contribution in [0, 0.1) is 0 Å². The topological polar surface area (TPSA) is 36.9 Å². The molecule has 0 N–H and O–H groups in total. The quantitative estimate of drug-likeness (QED) is 0.729. The monoisotopic (exact) mass is 230 g/mol. The number of rotatable bonds is 4. The molecule has 0 saturated heterocycles. The van der Waals surface area contributed by atoms with Gasteiger partial charge in [0.15, 0.2) is 23.0 Å². The normalized spacial score (nSPS) is 9.67. The minimum absolute atomic E-state index is 0.611. The highest BCUT2D eigenvalue weighted by molar-refractivity contribution is 7.28. The molecule has 0 aromatic heterocycles. The Morgan fingerprint density at radius 1 is 0.800 bits per heavy atom. The van der Waals surface area contributed by atoms with Crippen molar-refractivity contribution in [3.8, 4) is 23.0 Å². The lowest BCUT2D eigenvalue weighted by molar-refractivity contribution is 0.333. The third-order valence-corrected chi connectivity index (χ3v) is 2.57. The van der Waals surface area contributed by atoms with Crippen molar-refractivity contribution < 1.29 is 18.9 Å². The van der Waals surface area contributed by atoms with Gasteiger partial charge in [0.1, 0.15) is 0 Å². The molecule has 1 aromatic carbocycles.